The monoisotopic (exact) mass is 318 g/mol. The van der Waals surface area contributed by atoms with Crippen molar-refractivity contribution in [1.82, 2.24) is 10.6 Å². The van der Waals surface area contributed by atoms with Crippen LogP contribution in [-0.4, -0.2) is 29.5 Å². The number of benzene rings is 1. The molecule has 3 N–H and O–H groups in total. The largest absolute Gasteiger partial charge is 0.508 e. The first-order chi connectivity index (χ1) is 10.9. The number of phenolic OH excluding ortho intramolecular Hbond substituents is 1. The summed E-state index contributed by atoms with van der Waals surface area (Å²) in [4.78, 5) is 23.2. The van der Waals surface area contributed by atoms with Crippen LogP contribution in [-0.2, 0) is 16.0 Å². The lowest BCUT2D eigenvalue weighted by molar-refractivity contribution is -0.123. The van der Waals surface area contributed by atoms with E-state index in [1.807, 2.05) is 38.1 Å². The van der Waals surface area contributed by atoms with Crippen molar-refractivity contribution >= 4 is 11.8 Å². The lowest BCUT2D eigenvalue weighted by atomic mass is 10.0. The molecule has 0 heterocycles. The minimum absolute atomic E-state index is 0.0192. The first kappa shape index (κ1) is 18.7. The number of carbonyl (C=O) groups excluding carboxylic acids is 2. The normalized spacial score (nSPS) is 13.5. The van der Waals surface area contributed by atoms with Crippen LogP contribution in [0.2, 0.25) is 0 Å². The van der Waals surface area contributed by atoms with Crippen LogP contribution in [0, 0.1) is 5.92 Å². The molecule has 1 rings (SSSR count). The van der Waals surface area contributed by atoms with E-state index in [-0.39, 0.29) is 29.5 Å². The summed E-state index contributed by atoms with van der Waals surface area (Å²) in [6.07, 6.45) is 5.16. The van der Waals surface area contributed by atoms with Gasteiger partial charge in [0.15, 0.2) is 0 Å². The Morgan fingerprint density at radius 3 is 2.43 bits per heavy atom. The van der Waals surface area contributed by atoms with Gasteiger partial charge in [-0.2, -0.15) is 0 Å². The van der Waals surface area contributed by atoms with Crippen LogP contribution in [0.5, 0.6) is 5.75 Å². The minimum Gasteiger partial charge on any atom is -0.508 e. The van der Waals surface area contributed by atoms with Gasteiger partial charge in [-0.05, 0) is 30.5 Å². The molecule has 0 aliphatic carbocycles. The molecule has 5 nitrogen and oxygen atoms in total. The van der Waals surface area contributed by atoms with Gasteiger partial charge < -0.3 is 15.7 Å². The van der Waals surface area contributed by atoms with Crippen molar-refractivity contribution in [3.8, 4) is 5.75 Å². The number of amides is 2. The molecule has 0 aliphatic heterocycles. The van der Waals surface area contributed by atoms with Crippen LogP contribution >= 0.6 is 0 Å². The number of hydrogen-bond acceptors (Lipinski definition) is 3. The third-order valence-electron chi connectivity index (χ3n) is 3.38. The van der Waals surface area contributed by atoms with Gasteiger partial charge in [0, 0.05) is 13.5 Å². The zero-order chi connectivity index (χ0) is 17.2. The number of phenols is 1. The Bertz CT molecular complexity index is 538. The summed E-state index contributed by atoms with van der Waals surface area (Å²) in [5.74, 6) is -0.185. The Morgan fingerprint density at radius 1 is 1.22 bits per heavy atom. The number of rotatable bonds is 8. The van der Waals surface area contributed by atoms with Gasteiger partial charge in [-0.1, -0.05) is 38.1 Å². The molecule has 2 atom stereocenters. The fourth-order valence-corrected chi connectivity index (χ4v) is 2.11. The van der Waals surface area contributed by atoms with Crippen LogP contribution in [0.15, 0.2) is 36.4 Å². The van der Waals surface area contributed by atoms with E-state index in [1.165, 1.54) is 6.92 Å². The summed E-state index contributed by atoms with van der Waals surface area (Å²) in [5, 5.41) is 15.0. The fraction of sp³-hybridized carbons (Fsp3) is 0.444. The van der Waals surface area contributed by atoms with Gasteiger partial charge in [0.1, 0.15) is 5.75 Å². The van der Waals surface area contributed by atoms with Crippen LogP contribution in [0.3, 0.4) is 0 Å². The van der Waals surface area contributed by atoms with E-state index in [2.05, 4.69) is 10.6 Å². The van der Waals surface area contributed by atoms with Gasteiger partial charge in [0.2, 0.25) is 11.8 Å². The van der Waals surface area contributed by atoms with Crippen LogP contribution < -0.4 is 10.6 Å². The molecule has 0 saturated carbocycles. The maximum atomic E-state index is 11.9. The fourth-order valence-electron chi connectivity index (χ4n) is 2.11. The molecule has 0 saturated heterocycles. The van der Waals surface area contributed by atoms with Gasteiger partial charge in [0.25, 0.3) is 0 Å². The predicted molar refractivity (Wildman–Crippen MR) is 91.0 cm³/mol. The highest BCUT2D eigenvalue weighted by atomic mass is 16.3. The predicted octanol–water partition coefficient (Wildman–Crippen LogP) is 2.16. The summed E-state index contributed by atoms with van der Waals surface area (Å²) in [7, 11) is 0. The maximum absolute atomic E-state index is 11.9. The first-order valence-corrected chi connectivity index (χ1v) is 7.93. The number of nitrogens with one attached hydrogen (secondary N) is 2. The average Bonchev–Trinajstić information content (AvgIpc) is 2.51. The molecule has 0 aliphatic rings. The average molecular weight is 318 g/mol. The summed E-state index contributed by atoms with van der Waals surface area (Å²) in [6, 6.07) is 6.67. The number of hydrogen-bond donors (Lipinski definition) is 3. The standard InChI is InChI=1S/C18H26N2O3/c1-4-11-19-18(23)13(2)5-8-16(20-14(3)21)12-15-6-9-17(22)10-7-15/h5-10,13,16,22H,4,11-12H2,1-3H3,(H,19,23)(H,20,21)/b8-5+/t13-,16?/m0/s1. The smallest absolute Gasteiger partial charge is 0.226 e. The van der Waals surface area contributed by atoms with Crippen molar-refractivity contribution in [2.24, 2.45) is 5.92 Å². The van der Waals surface area contributed by atoms with E-state index in [9.17, 15) is 14.7 Å². The molecule has 2 amide bonds. The second-order valence-corrected chi connectivity index (χ2v) is 5.64. The summed E-state index contributed by atoms with van der Waals surface area (Å²) < 4.78 is 0. The van der Waals surface area contributed by atoms with Gasteiger partial charge in [0.05, 0.1) is 12.0 Å². The van der Waals surface area contributed by atoms with Gasteiger partial charge in [-0.15, -0.1) is 0 Å². The molecule has 0 aromatic heterocycles. The Labute approximate surface area is 137 Å². The van der Waals surface area contributed by atoms with Crippen LogP contribution in [0.25, 0.3) is 0 Å². The summed E-state index contributed by atoms with van der Waals surface area (Å²) in [5.41, 5.74) is 0.995. The van der Waals surface area contributed by atoms with E-state index >= 15 is 0 Å². The van der Waals surface area contributed by atoms with Gasteiger partial charge in [-0.25, -0.2) is 0 Å². The van der Waals surface area contributed by atoms with Crippen molar-refractivity contribution in [1.29, 1.82) is 0 Å². The van der Waals surface area contributed by atoms with Crippen molar-refractivity contribution < 1.29 is 14.7 Å². The van der Waals surface area contributed by atoms with Crippen molar-refractivity contribution in [3.05, 3.63) is 42.0 Å². The Kier molecular flexibility index (Phi) is 7.88. The van der Waals surface area contributed by atoms with E-state index in [0.717, 1.165) is 12.0 Å². The topological polar surface area (TPSA) is 78.4 Å². The SMILES string of the molecule is CCCNC(=O)[C@@H](C)/C=C/C(Cc1ccc(O)cc1)NC(C)=O. The second-order valence-electron chi connectivity index (χ2n) is 5.64. The van der Waals surface area contributed by atoms with E-state index in [4.69, 9.17) is 0 Å². The Hall–Kier alpha value is -2.30. The zero-order valence-corrected chi connectivity index (χ0v) is 14.0. The van der Waals surface area contributed by atoms with E-state index in [0.29, 0.717) is 13.0 Å². The Balaban J connectivity index is 2.69. The van der Waals surface area contributed by atoms with E-state index < -0.39 is 0 Å². The lowest BCUT2D eigenvalue weighted by Crippen LogP contribution is -2.34. The first-order valence-electron chi connectivity index (χ1n) is 7.93. The molecular weight excluding hydrogens is 292 g/mol. The molecule has 0 spiro atoms. The molecule has 1 aromatic carbocycles. The molecule has 1 aromatic rings. The maximum Gasteiger partial charge on any atom is 0.226 e. The Morgan fingerprint density at radius 2 is 1.87 bits per heavy atom. The quantitative estimate of drug-likeness (QED) is 0.643. The highest BCUT2D eigenvalue weighted by Gasteiger charge is 2.11. The van der Waals surface area contributed by atoms with Crippen LogP contribution in [0.4, 0.5) is 0 Å². The molecule has 0 radical (unpaired) electrons. The van der Waals surface area contributed by atoms with Gasteiger partial charge >= 0.3 is 0 Å². The van der Waals surface area contributed by atoms with Gasteiger partial charge in [-0.3, -0.25) is 9.59 Å². The second kappa shape index (κ2) is 9.66. The molecule has 126 valence electrons. The molecule has 0 bridgehead atoms. The lowest BCUT2D eigenvalue weighted by Gasteiger charge is -2.15. The van der Waals surface area contributed by atoms with E-state index in [1.54, 1.807) is 12.1 Å². The van der Waals surface area contributed by atoms with Crippen molar-refractivity contribution in [3.63, 3.8) is 0 Å². The molecular formula is C18H26N2O3. The third-order valence-corrected chi connectivity index (χ3v) is 3.38. The molecule has 0 fully saturated rings. The molecule has 23 heavy (non-hydrogen) atoms. The number of aromatic hydroxyl groups is 1. The minimum atomic E-state index is -0.252. The highest BCUT2D eigenvalue weighted by molar-refractivity contribution is 5.80. The molecule has 1 unspecified atom stereocenters. The van der Waals surface area contributed by atoms with Crippen molar-refractivity contribution in [2.75, 3.05) is 6.54 Å². The highest BCUT2D eigenvalue weighted by Crippen LogP contribution is 2.12. The zero-order valence-electron chi connectivity index (χ0n) is 14.0. The number of carbonyl (C=O) groups is 2. The molecule has 5 heteroatoms. The van der Waals surface area contributed by atoms with Crippen molar-refractivity contribution in [2.45, 2.75) is 39.7 Å². The van der Waals surface area contributed by atoms with Crippen LogP contribution in [0.1, 0.15) is 32.8 Å². The summed E-state index contributed by atoms with van der Waals surface area (Å²) in [6.45, 7) is 5.97. The third kappa shape index (κ3) is 7.49. The summed E-state index contributed by atoms with van der Waals surface area (Å²) >= 11 is 0.